The molecule has 0 unspecified atom stereocenters. The van der Waals surface area contributed by atoms with Crippen LogP contribution in [0.4, 0.5) is 11.4 Å². The third kappa shape index (κ3) is 2.30. The summed E-state index contributed by atoms with van der Waals surface area (Å²) in [7, 11) is 0. The van der Waals surface area contributed by atoms with Crippen molar-refractivity contribution in [2.45, 2.75) is 6.54 Å². The highest BCUT2D eigenvalue weighted by Crippen LogP contribution is 2.22. The van der Waals surface area contributed by atoms with Crippen LogP contribution in [0.3, 0.4) is 0 Å². The number of nitrogens with one attached hydrogen (secondary N) is 2. The first-order valence-electron chi connectivity index (χ1n) is 6.09. The van der Waals surface area contributed by atoms with E-state index in [1.807, 2.05) is 0 Å². The van der Waals surface area contributed by atoms with Gasteiger partial charge in [0, 0.05) is 12.7 Å². The maximum Gasteiger partial charge on any atom is 0.258 e. The number of hydrogen-bond donors (Lipinski definition) is 3. The molecule has 1 aromatic carbocycles. The first kappa shape index (κ1) is 12.2. The number of anilines is 2. The normalized spacial score (nSPS) is 10.8. The average molecular weight is 271 g/mol. The number of rotatable bonds is 4. The number of aromatic amines is 1. The lowest BCUT2D eigenvalue weighted by Crippen LogP contribution is -2.13. The highest BCUT2D eigenvalue weighted by atomic mass is 16.1. The molecule has 0 fully saturated rings. The third-order valence-corrected chi connectivity index (χ3v) is 2.94. The zero-order valence-corrected chi connectivity index (χ0v) is 10.6. The fourth-order valence-electron chi connectivity index (χ4n) is 1.94. The molecule has 0 bridgehead atoms. The molecule has 0 saturated carbocycles. The van der Waals surface area contributed by atoms with E-state index in [-0.39, 0.29) is 5.56 Å². The van der Waals surface area contributed by atoms with E-state index in [4.69, 9.17) is 5.73 Å². The van der Waals surface area contributed by atoms with Crippen LogP contribution in [0.5, 0.6) is 0 Å². The number of H-pyrrole nitrogens is 1. The molecule has 20 heavy (non-hydrogen) atoms. The summed E-state index contributed by atoms with van der Waals surface area (Å²) in [6.45, 7) is 1.31. The average Bonchev–Trinajstić information content (AvgIpc) is 2.94. The number of aromatic nitrogens is 5. The molecule has 2 aromatic heterocycles. The van der Waals surface area contributed by atoms with E-state index in [0.29, 0.717) is 29.7 Å². The minimum Gasteiger partial charge on any atom is -0.397 e. The lowest BCUT2D eigenvalue weighted by Gasteiger charge is -2.10. The van der Waals surface area contributed by atoms with Crippen molar-refractivity contribution in [3.63, 3.8) is 0 Å². The quantitative estimate of drug-likeness (QED) is 0.584. The summed E-state index contributed by atoms with van der Waals surface area (Å²) in [4.78, 5) is 18.3. The van der Waals surface area contributed by atoms with Gasteiger partial charge in [0.2, 0.25) is 0 Å². The van der Waals surface area contributed by atoms with Gasteiger partial charge in [-0.25, -0.2) is 4.98 Å². The second kappa shape index (κ2) is 5.00. The van der Waals surface area contributed by atoms with Crippen molar-refractivity contribution in [2.24, 2.45) is 0 Å². The summed E-state index contributed by atoms with van der Waals surface area (Å²) in [6.07, 6.45) is 4.78. The minimum atomic E-state index is -0.198. The standard InChI is InChI=1S/C12H13N7O/c13-9-5-8-10(15-7-16-12(8)20)6-11(9)14-1-3-19-4-2-17-18-19/h2,4-7,14H,1,3,13H2,(H,15,16,20). The van der Waals surface area contributed by atoms with Gasteiger partial charge in [0.05, 0.1) is 41.3 Å². The molecule has 8 heteroatoms. The summed E-state index contributed by atoms with van der Waals surface area (Å²) >= 11 is 0. The molecule has 8 nitrogen and oxygen atoms in total. The number of nitrogen functional groups attached to an aromatic ring is 1. The second-order valence-corrected chi connectivity index (χ2v) is 4.28. The largest absolute Gasteiger partial charge is 0.397 e. The molecule has 0 aliphatic rings. The lowest BCUT2D eigenvalue weighted by atomic mass is 10.2. The maximum atomic E-state index is 11.6. The number of fused-ring (bicyclic) bond motifs is 1. The Kier molecular flexibility index (Phi) is 3.04. The summed E-state index contributed by atoms with van der Waals surface area (Å²) in [5.74, 6) is 0. The van der Waals surface area contributed by atoms with Gasteiger partial charge in [-0.15, -0.1) is 5.10 Å². The topological polar surface area (TPSA) is 115 Å². The molecule has 0 saturated heterocycles. The van der Waals surface area contributed by atoms with Gasteiger partial charge in [0.15, 0.2) is 0 Å². The van der Waals surface area contributed by atoms with Crippen LogP contribution in [0.1, 0.15) is 0 Å². The van der Waals surface area contributed by atoms with E-state index in [0.717, 1.165) is 5.69 Å². The molecule has 0 atom stereocenters. The molecule has 3 rings (SSSR count). The van der Waals surface area contributed by atoms with E-state index < -0.39 is 0 Å². The van der Waals surface area contributed by atoms with Crippen LogP contribution < -0.4 is 16.6 Å². The van der Waals surface area contributed by atoms with Gasteiger partial charge in [-0.3, -0.25) is 9.48 Å². The molecule has 2 heterocycles. The van der Waals surface area contributed by atoms with E-state index in [1.54, 1.807) is 29.2 Å². The predicted octanol–water partition coefficient (Wildman–Crippen LogP) is 0.209. The van der Waals surface area contributed by atoms with Crippen LogP contribution in [-0.4, -0.2) is 31.5 Å². The molecule has 0 amide bonds. The van der Waals surface area contributed by atoms with Crippen molar-refractivity contribution in [1.29, 1.82) is 0 Å². The Morgan fingerprint density at radius 3 is 3.10 bits per heavy atom. The van der Waals surface area contributed by atoms with Crippen LogP contribution in [0.2, 0.25) is 0 Å². The van der Waals surface area contributed by atoms with Crippen LogP contribution in [0.25, 0.3) is 10.9 Å². The van der Waals surface area contributed by atoms with Crippen molar-refractivity contribution in [3.05, 3.63) is 41.2 Å². The van der Waals surface area contributed by atoms with E-state index >= 15 is 0 Å². The number of benzene rings is 1. The predicted molar refractivity (Wildman–Crippen MR) is 75.3 cm³/mol. The van der Waals surface area contributed by atoms with Crippen LogP contribution >= 0.6 is 0 Å². The first-order chi connectivity index (χ1) is 9.74. The number of hydrogen-bond acceptors (Lipinski definition) is 6. The molecule has 102 valence electrons. The van der Waals surface area contributed by atoms with Gasteiger partial charge >= 0.3 is 0 Å². The Morgan fingerprint density at radius 2 is 2.30 bits per heavy atom. The van der Waals surface area contributed by atoms with Crippen molar-refractivity contribution in [1.82, 2.24) is 25.0 Å². The molecule has 4 N–H and O–H groups in total. The molecule has 0 aliphatic carbocycles. The monoisotopic (exact) mass is 271 g/mol. The third-order valence-electron chi connectivity index (χ3n) is 2.94. The van der Waals surface area contributed by atoms with Crippen LogP contribution in [0.15, 0.2) is 35.6 Å². The number of nitrogens with zero attached hydrogens (tertiary/aromatic N) is 4. The van der Waals surface area contributed by atoms with Crippen molar-refractivity contribution < 1.29 is 0 Å². The number of nitrogens with two attached hydrogens (primary N) is 1. The van der Waals surface area contributed by atoms with Crippen molar-refractivity contribution in [2.75, 3.05) is 17.6 Å². The summed E-state index contributed by atoms with van der Waals surface area (Å²) in [5.41, 5.74) is 7.60. The smallest absolute Gasteiger partial charge is 0.258 e. The second-order valence-electron chi connectivity index (χ2n) is 4.28. The Hall–Kier alpha value is -2.90. The molecule has 0 aliphatic heterocycles. The first-order valence-corrected chi connectivity index (χ1v) is 6.09. The molecule has 0 spiro atoms. The highest BCUT2D eigenvalue weighted by molar-refractivity contribution is 5.88. The summed E-state index contributed by atoms with van der Waals surface area (Å²) < 4.78 is 1.72. The molecular formula is C12H13N7O. The molecule has 0 radical (unpaired) electrons. The summed E-state index contributed by atoms with van der Waals surface area (Å²) in [5, 5.41) is 11.3. The fourth-order valence-corrected chi connectivity index (χ4v) is 1.94. The zero-order valence-electron chi connectivity index (χ0n) is 10.6. The van der Waals surface area contributed by atoms with Gasteiger partial charge in [-0.1, -0.05) is 5.21 Å². The van der Waals surface area contributed by atoms with E-state index in [2.05, 4.69) is 25.6 Å². The Bertz CT molecular complexity index is 778. The Balaban J connectivity index is 1.81. The van der Waals surface area contributed by atoms with Crippen molar-refractivity contribution in [3.8, 4) is 0 Å². The summed E-state index contributed by atoms with van der Waals surface area (Å²) in [6, 6.07) is 3.39. The van der Waals surface area contributed by atoms with Gasteiger partial charge in [0.25, 0.3) is 5.56 Å². The van der Waals surface area contributed by atoms with Crippen LogP contribution in [-0.2, 0) is 6.54 Å². The minimum absolute atomic E-state index is 0.198. The van der Waals surface area contributed by atoms with E-state index in [9.17, 15) is 4.79 Å². The maximum absolute atomic E-state index is 11.6. The highest BCUT2D eigenvalue weighted by Gasteiger charge is 2.05. The molecular weight excluding hydrogens is 258 g/mol. The SMILES string of the molecule is Nc1cc2c(=O)[nH]cnc2cc1NCCn1ccnn1. The van der Waals surface area contributed by atoms with Crippen LogP contribution in [0, 0.1) is 0 Å². The Labute approximate surface area is 113 Å². The van der Waals surface area contributed by atoms with E-state index in [1.165, 1.54) is 6.33 Å². The van der Waals surface area contributed by atoms with Gasteiger partial charge in [0.1, 0.15) is 0 Å². The van der Waals surface area contributed by atoms with Crippen molar-refractivity contribution >= 4 is 22.3 Å². The van der Waals surface area contributed by atoms with Gasteiger partial charge in [-0.05, 0) is 12.1 Å². The fraction of sp³-hybridized carbons (Fsp3) is 0.167. The van der Waals surface area contributed by atoms with Gasteiger partial charge < -0.3 is 16.0 Å². The van der Waals surface area contributed by atoms with Gasteiger partial charge in [-0.2, -0.15) is 0 Å². The lowest BCUT2D eigenvalue weighted by molar-refractivity contribution is 0.609. The Morgan fingerprint density at radius 1 is 1.40 bits per heavy atom. The zero-order chi connectivity index (χ0) is 13.9. The molecule has 3 aromatic rings.